The van der Waals surface area contributed by atoms with Crippen LogP contribution in [0.25, 0.3) is 0 Å². The van der Waals surface area contributed by atoms with Crippen molar-refractivity contribution in [2.24, 2.45) is 5.92 Å². The predicted octanol–water partition coefficient (Wildman–Crippen LogP) is 4.57. The van der Waals surface area contributed by atoms with Gasteiger partial charge in [-0.3, -0.25) is 4.90 Å². The van der Waals surface area contributed by atoms with Crippen molar-refractivity contribution < 1.29 is 0 Å². The van der Waals surface area contributed by atoms with E-state index in [1.165, 1.54) is 25.9 Å². The Bertz CT molecular complexity index is 116. The van der Waals surface area contributed by atoms with E-state index in [0.29, 0.717) is 5.54 Å². The molecule has 1 aliphatic rings. The fraction of sp³-hybridized carbons (Fsp3) is 1.00. The van der Waals surface area contributed by atoms with Gasteiger partial charge in [0.15, 0.2) is 0 Å². The molecule has 1 heteroatoms. The van der Waals surface area contributed by atoms with E-state index < -0.39 is 0 Å². The predicted molar refractivity (Wildman–Crippen MR) is 72.4 cm³/mol. The molecule has 1 fully saturated rings. The zero-order valence-corrected chi connectivity index (χ0v) is 12.4. The Kier molecular flexibility index (Phi) is 10.7. The fourth-order valence-electron chi connectivity index (χ4n) is 1.68. The van der Waals surface area contributed by atoms with E-state index in [-0.39, 0.29) is 0 Å². The Morgan fingerprint density at radius 2 is 1.20 bits per heavy atom. The van der Waals surface area contributed by atoms with Crippen molar-refractivity contribution in [3.63, 3.8) is 0 Å². The van der Waals surface area contributed by atoms with Crippen LogP contribution in [0.4, 0.5) is 0 Å². The van der Waals surface area contributed by atoms with Gasteiger partial charge in [0, 0.05) is 5.54 Å². The molecule has 1 aliphatic heterocycles. The van der Waals surface area contributed by atoms with Crippen molar-refractivity contribution in [2.75, 3.05) is 13.1 Å². The molecule has 0 spiro atoms. The molecule has 1 heterocycles. The highest BCUT2D eigenvalue weighted by atomic mass is 15.2. The van der Waals surface area contributed by atoms with Crippen LogP contribution >= 0.6 is 0 Å². The van der Waals surface area contributed by atoms with Gasteiger partial charge in [-0.25, -0.2) is 0 Å². The van der Waals surface area contributed by atoms with Crippen LogP contribution in [0.15, 0.2) is 0 Å². The Morgan fingerprint density at radius 3 is 1.47 bits per heavy atom. The lowest BCUT2D eigenvalue weighted by Gasteiger charge is -2.40. The average molecular weight is 215 g/mol. The molecule has 0 saturated carbocycles. The summed E-state index contributed by atoms with van der Waals surface area (Å²) in [5, 5.41) is 0. The highest BCUT2D eigenvalue weighted by Crippen LogP contribution is 2.22. The van der Waals surface area contributed by atoms with E-state index in [1.807, 2.05) is 27.7 Å². The van der Waals surface area contributed by atoms with Gasteiger partial charge >= 0.3 is 0 Å². The van der Waals surface area contributed by atoms with Crippen molar-refractivity contribution in [3.05, 3.63) is 0 Å². The van der Waals surface area contributed by atoms with E-state index in [9.17, 15) is 0 Å². The van der Waals surface area contributed by atoms with E-state index in [4.69, 9.17) is 0 Å². The van der Waals surface area contributed by atoms with Crippen molar-refractivity contribution >= 4 is 0 Å². The summed E-state index contributed by atoms with van der Waals surface area (Å²) in [5.41, 5.74) is 0.389. The third-order valence-corrected chi connectivity index (χ3v) is 2.73. The van der Waals surface area contributed by atoms with Crippen LogP contribution in [0.1, 0.15) is 68.2 Å². The molecule has 0 N–H and O–H groups in total. The van der Waals surface area contributed by atoms with E-state index in [1.54, 1.807) is 0 Å². The topological polar surface area (TPSA) is 3.24 Å². The largest absolute Gasteiger partial charge is 0.298 e. The highest BCUT2D eigenvalue weighted by molar-refractivity contribution is 4.80. The van der Waals surface area contributed by atoms with Crippen LogP contribution in [0.2, 0.25) is 0 Å². The third kappa shape index (κ3) is 7.84. The molecular weight excluding hydrogens is 182 g/mol. The van der Waals surface area contributed by atoms with Crippen LogP contribution in [-0.4, -0.2) is 23.5 Å². The van der Waals surface area contributed by atoms with Crippen molar-refractivity contribution in [1.82, 2.24) is 4.90 Å². The zero-order valence-electron chi connectivity index (χ0n) is 12.4. The van der Waals surface area contributed by atoms with Crippen LogP contribution in [0.5, 0.6) is 0 Å². The summed E-state index contributed by atoms with van der Waals surface area (Å²) in [7, 11) is 0. The van der Waals surface area contributed by atoms with Gasteiger partial charge in [-0.15, -0.1) is 0 Å². The maximum atomic E-state index is 2.59. The quantitative estimate of drug-likeness (QED) is 0.572. The van der Waals surface area contributed by atoms with Crippen molar-refractivity contribution in [2.45, 2.75) is 73.8 Å². The van der Waals surface area contributed by atoms with Gasteiger partial charge in [0.25, 0.3) is 0 Å². The Balaban J connectivity index is 0. The molecule has 0 amide bonds. The summed E-state index contributed by atoms with van der Waals surface area (Å²) in [4.78, 5) is 2.59. The van der Waals surface area contributed by atoms with E-state index in [2.05, 4.69) is 32.6 Å². The van der Waals surface area contributed by atoms with E-state index >= 15 is 0 Å². The first-order valence-corrected chi connectivity index (χ1v) is 6.75. The smallest absolute Gasteiger partial charge is 0.0125 e. The van der Waals surface area contributed by atoms with Crippen molar-refractivity contribution in [3.8, 4) is 0 Å². The van der Waals surface area contributed by atoms with Crippen molar-refractivity contribution in [1.29, 1.82) is 0 Å². The molecule has 94 valence electrons. The monoisotopic (exact) mass is 215 g/mol. The number of piperidine rings is 1. The molecule has 0 aromatic rings. The van der Waals surface area contributed by atoms with Crippen LogP contribution in [0, 0.1) is 5.92 Å². The minimum atomic E-state index is 0.389. The standard InChI is InChI=1S/C10H21N.2C2H6/c1-9-5-7-11(8-6-9)10(2,3)4;2*1-2/h9H,5-8H2,1-4H3;2*1-2H3. The van der Waals surface area contributed by atoms with Gasteiger partial charge in [-0.1, -0.05) is 34.6 Å². The Morgan fingerprint density at radius 1 is 0.867 bits per heavy atom. The summed E-state index contributed by atoms with van der Waals surface area (Å²) < 4.78 is 0. The number of hydrogen-bond donors (Lipinski definition) is 0. The number of nitrogens with zero attached hydrogens (tertiary/aromatic N) is 1. The number of rotatable bonds is 0. The SMILES string of the molecule is CC.CC.CC1CCN(C(C)(C)C)CC1. The minimum Gasteiger partial charge on any atom is -0.298 e. The maximum Gasteiger partial charge on any atom is 0.0125 e. The highest BCUT2D eigenvalue weighted by Gasteiger charge is 2.24. The molecule has 15 heavy (non-hydrogen) atoms. The summed E-state index contributed by atoms with van der Waals surface area (Å²) in [5.74, 6) is 0.952. The van der Waals surface area contributed by atoms with Gasteiger partial charge in [-0.05, 0) is 52.6 Å². The van der Waals surface area contributed by atoms with E-state index in [0.717, 1.165) is 5.92 Å². The molecule has 0 aromatic heterocycles. The summed E-state index contributed by atoms with van der Waals surface area (Å²) in [6.07, 6.45) is 2.77. The molecule has 0 bridgehead atoms. The number of likely N-dealkylation sites (tertiary alicyclic amines) is 1. The van der Waals surface area contributed by atoms with Gasteiger partial charge in [0.1, 0.15) is 0 Å². The number of hydrogen-bond acceptors (Lipinski definition) is 1. The average Bonchev–Trinajstić information content (AvgIpc) is 2.23. The molecule has 0 radical (unpaired) electrons. The van der Waals surface area contributed by atoms with Gasteiger partial charge in [0.2, 0.25) is 0 Å². The second kappa shape index (κ2) is 9.21. The van der Waals surface area contributed by atoms with Crippen LogP contribution < -0.4 is 0 Å². The Labute approximate surface area is 98.2 Å². The lowest BCUT2D eigenvalue weighted by Crippen LogP contribution is -2.45. The fourth-order valence-corrected chi connectivity index (χ4v) is 1.68. The summed E-state index contributed by atoms with van der Waals surface area (Å²) in [6.45, 7) is 19.9. The second-order valence-electron chi connectivity index (χ2n) is 4.84. The normalized spacial score (nSPS) is 18.4. The molecule has 1 saturated heterocycles. The first kappa shape index (κ1) is 17.4. The molecular formula is C14H33N. The molecule has 1 rings (SSSR count). The Hall–Kier alpha value is -0.0400. The molecule has 1 nitrogen and oxygen atoms in total. The first-order chi connectivity index (χ1) is 7.00. The molecule has 0 aromatic carbocycles. The maximum absolute atomic E-state index is 2.59. The third-order valence-electron chi connectivity index (χ3n) is 2.73. The van der Waals surface area contributed by atoms with Crippen LogP contribution in [0.3, 0.4) is 0 Å². The second-order valence-corrected chi connectivity index (χ2v) is 4.84. The molecule has 0 atom stereocenters. The zero-order chi connectivity index (χ0) is 12.5. The summed E-state index contributed by atoms with van der Waals surface area (Å²) >= 11 is 0. The van der Waals surface area contributed by atoms with Gasteiger partial charge in [-0.2, -0.15) is 0 Å². The molecule has 0 unspecified atom stereocenters. The van der Waals surface area contributed by atoms with Gasteiger partial charge in [0.05, 0.1) is 0 Å². The molecule has 0 aliphatic carbocycles. The lowest BCUT2D eigenvalue weighted by molar-refractivity contribution is 0.0916. The summed E-state index contributed by atoms with van der Waals surface area (Å²) in [6, 6.07) is 0. The lowest BCUT2D eigenvalue weighted by atomic mass is 9.95. The minimum absolute atomic E-state index is 0.389. The van der Waals surface area contributed by atoms with Crippen LogP contribution in [-0.2, 0) is 0 Å². The van der Waals surface area contributed by atoms with Gasteiger partial charge < -0.3 is 0 Å². The first-order valence-electron chi connectivity index (χ1n) is 6.75.